The van der Waals surface area contributed by atoms with Crippen molar-refractivity contribution in [3.05, 3.63) is 0 Å². The van der Waals surface area contributed by atoms with Crippen LogP contribution in [0.2, 0.25) is 0 Å². The van der Waals surface area contributed by atoms with Crippen molar-refractivity contribution in [3.63, 3.8) is 0 Å². The second-order valence-electron chi connectivity index (χ2n) is 4.20. The first-order valence-corrected chi connectivity index (χ1v) is 7.14. The first-order valence-electron chi connectivity index (χ1n) is 6.09. The lowest BCUT2D eigenvalue weighted by molar-refractivity contribution is -0.139. The van der Waals surface area contributed by atoms with E-state index in [-0.39, 0.29) is 19.1 Å². The standard InChI is InChI=1S/C11H20N2O4S/c1-2-8-7-13(4-6-18-8)11(17)12-9(3-5-14)10(15)16/h8-9,14H,2-7H2,1H3,(H,12,17)(H,15,16)/t8?,9-/m0/s1. The molecule has 1 aliphatic rings. The molecule has 0 bridgehead atoms. The van der Waals surface area contributed by atoms with Crippen molar-refractivity contribution in [2.24, 2.45) is 0 Å². The SMILES string of the molecule is CCC1CN(C(=O)N[C@@H](CCO)C(=O)O)CCS1. The Balaban J connectivity index is 2.50. The van der Waals surface area contributed by atoms with Crippen LogP contribution in [0, 0.1) is 0 Å². The number of carbonyl (C=O) groups is 2. The fourth-order valence-corrected chi connectivity index (χ4v) is 2.96. The van der Waals surface area contributed by atoms with E-state index in [2.05, 4.69) is 12.2 Å². The molecule has 1 fully saturated rings. The molecule has 0 spiro atoms. The van der Waals surface area contributed by atoms with E-state index in [1.807, 2.05) is 11.8 Å². The lowest BCUT2D eigenvalue weighted by atomic mass is 10.2. The summed E-state index contributed by atoms with van der Waals surface area (Å²) < 4.78 is 0. The Labute approximate surface area is 111 Å². The number of aliphatic hydroxyl groups excluding tert-OH is 1. The third-order valence-electron chi connectivity index (χ3n) is 2.89. The van der Waals surface area contributed by atoms with Crippen molar-refractivity contribution in [1.82, 2.24) is 10.2 Å². The van der Waals surface area contributed by atoms with Gasteiger partial charge in [-0.05, 0) is 6.42 Å². The van der Waals surface area contributed by atoms with E-state index in [9.17, 15) is 9.59 Å². The molecule has 0 aromatic heterocycles. The van der Waals surface area contributed by atoms with Crippen molar-refractivity contribution in [1.29, 1.82) is 0 Å². The third-order valence-corrected chi connectivity index (χ3v) is 4.27. The molecule has 18 heavy (non-hydrogen) atoms. The monoisotopic (exact) mass is 276 g/mol. The molecule has 1 aliphatic heterocycles. The average Bonchev–Trinajstić information content (AvgIpc) is 2.38. The fraction of sp³-hybridized carbons (Fsp3) is 0.818. The van der Waals surface area contributed by atoms with Crippen LogP contribution in [0.3, 0.4) is 0 Å². The van der Waals surface area contributed by atoms with Crippen molar-refractivity contribution >= 4 is 23.8 Å². The molecule has 1 saturated heterocycles. The molecule has 7 heteroatoms. The van der Waals surface area contributed by atoms with Gasteiger partial charge < -0.3 is 20.4 Å². The van der Waals surface area contributed by atoms with Crippen LogP contribution in [0.25, 0.3) is 0 Å². The number of nitrogens with one attached hydrogen (secondary N) is 1. The van der Waals surface area contributed by atoms with E-state index >= 15 is 0 Å². The molecule has 0 radical (unpaired) electrons. The minimum atomic E-state index is -1.11. The van der Waals surface area contributed by atoms with Crippen LogP contribution in [0.4, 0.5) is 4.79 Å². The Bertz CT molecular complexity index is 301. The summed E-state index contributed by atoms with van der Waals surface area (Å²) in [6.45, 7) is 3.10. The van der Waals surface area contributed by atoms with E-state index < -0.39 is 12.0 Å². The number of hydrogen-bond donors (Lipinski definition) is 3. The van der Waals surface area contributed by atoms with Crippen molar-refractivity contribution in [2.45, 2.75) is 31.1 Å². The van der Waals surface area contributed by atoms with Crippen molar-refractivity contribution < 1.29 is 19.8 Å². The molecule has 6 nitrogen and oxygen atoms in total. The molecule has 0 saturated carbocycles. The van der Waals surface area contributed by atoms with E-state index in [1.165, 1.54) is 0 Å². The van der Waals surface area contributed by atoms with Gasteiger partial charge in [-0.15, -0.1) is 0 Å². The number of hydrogen-bond acceptors (Lipinski definition) is 4. The van der Waals surface area contributed by atoms with Gasteiger partial charge in [-0.25, -0.2) is 9.59 Å². The number of amides is 2. The van der Waals surface area contributed by atoms with Crippen LogP contribution < -0.4 is 5.32 Å². The molecule has 0 aliphatic carbocycles. The van der Waals surface area contributed by atoms with Crippen LogP contribution in [-0.4, -0.2) is 63.9 Å². The van der Waals surface area contributed by atoms with E-state index in [0.29, 0.717) is 18.3 Å². The van der Waals surface area contributed by atoms with E-state index in [1.54, 1.807) is 4.90 Å². The van der Waals surface area contributed by atoms with Gasteiger partial charge in [0.05, 0.1) is 0 Å². The quantitative estimate of drug-likeness (QED) is 0.674. The topological polar surface area (TPSA) is 89.9 Å². The first kappa shape index (κ1) is 15.1. The van der Waals surface area contributed by atoms with Crippen LogP contribution >= 0.6 is 11.8 Å². The molecule has 3 N–H and O–H groups in total. The molecule has 0 aromatic rings. The van der Waals surface area contributed by atoms with Gasteiger partial charge in [0, 0.05) is 37.1 Å². The number of rotatable bonds is 5. The maximum atomic E-state index is 11.9. The highest BCUT2D eigenvalue weighted by molar-refractivity contribution is 8.00. The van der Waals surface area contributed by atoms with Crippen molar-refractivity contribution in [2.75, 3.05) is 25.4 Å². The van der Waals surface area contributed by atoms with Gasteiger partial charge in [0.1, 0.15) is 6.04 Å². The Morgan fingerprint density at radius 3 is 2.83 bits per heavy atom. The highest BCUT2D eigenvalue weighted by Crippen LogP contribution is 2.21. The Kier molecular flexibility index (Phi) is 6.28. The summed E-state index contributed by atoms with van der Waals surface area (Å²) in [4.78, 5) is 24.4. The Morgan fingerprint density at radius 2 is 2.28 bits per heavy atom. The van der Waals surface area contributed by atoms with E-state index in [4.69, 9.17) is 10.2 Å². The smallest absolute Gasteiger partial charge is 0.326 e. The predicted molar refractivity (Wildman–Crippen MR) is 69.8 cm³/mol. The molecule has 104 valence electrons. The number of thioether (sulfide) groups is 1. The van der Waals surface area contributed by atoms with Gasteiger partial charge in [-0.2, -0.15) is 11.8 Å². The van der Waals surface area contributed by atoms with Gasteiger partial charge in [0.15, 0.2) is 0 Å². The summed E-state index contributed by atoms with van der Waals surface area (Å²) in [6.07, 6.45) is 1.02. The maximum absolute atomic E-state index is 11.9. The average molecular weight is 276 g/mol. The number of aliphatic hydroxyl groups is 1. The van der Waals surface area contributed by atoms with Crippen LogP contribution in [0.5, 0.6) is 0 Å². The Hall–Kier alpha value is -0.950. The van der Waals surface area contributed by atoms with Crippen LogP contribution in [0.1, 0.15) is 19.8 Å². The molecule has 2 atom stereocenters. The molecular formula is C11H20N2O4S. The zero-order chi connectivity index (χ0) is 13.5. The lowest BCUT2D eigenvalue weighted by Gasteiger charge is -2.32. The summed E-state index contributed by atoms with van der Waals surface area (Å²) in [5, 5.41) is 20.5. The highest BCUT2D eigenvalue weighted by Gasteiger charge is 2.26. The van der Waals surface area contributed by atoms with E-state index in [0.717, 1.165) is 12.2 Å². The fourth-order valence-electron chi connectivity index (χ4n) is 1.78. The summed E-state index contributed by atoms with van der Waals surface area (Å²) in [5.41, 5.74) is 0. The Morgan fingerprint density at radius 1 is 1.56 bits per heavy atom. The molecule has 1 heterocycles. The van der Waals surface area contributed by atoms with Gasteiger partial charge >= 0.3 is 12.0 Å². The molecule has 2 amide bonds. The summed E-state index contributed by atoms with van der Waals surface area (Å²) in [5.74, 6) is -0.236. The van der Waals surface area contributed by atoms with Gasteiger partial charge in [-0.1, -0.05) is 6.92 Å². The summed E-state index contributed by atoms with van der Waals surface area (Å²) in [7, 11) is 0. The molecule has 0 aromatic carbocycles. The van der Waals surface area contributed by atoms with Gasteiger partial charge in [0.2, 0.25) is 0 Å². The minimum absolute atomic E-state index is 0.0286. The molecular weight excluding hydrogens is 256 g/mol. The van der Waals surface area contributed by atoms with Gasteiger partial charge in [0.25, 0.3) is 0 Å². The van der Waals surface area contributed by atoms with Crippen LogP contribution in [0.15, 0.2) is 0 Å². The number of urea groups is 1. The first-order chi connectivity index (χ1) is 8.58. The van der Waals surface area contributed by atoms with Gasteiger partial charge in [-0.3, -0.25) is 0 Å². The van der Waals surface area contributed by atoms with Crippen LogP contribution in [-0.2, 0) is 4.79 Å². The lowest BCUT2D eigenvalue weighted by Crippen LogP contribution is -2.51. The third kappa shape index (κ3) is 4.38. The predicted octanol–water partition coefficient (Wildman–Crippen LogP) is 0.359. The molecule has 1 rings (SSSR count). The second kappa shape index (κ2) is 7.48. The van der Waals surface area contributed by atoms with Crippen molar-refractivity contribution in [3.8, 4) is 0 Å². The zero-order valence-corrected chi connectivity index (χ0v) is 11.3. The number of carboxylic acids is 1. The highest BCUT2D eigenvalue weighted by atomic mass is 32.2. The normalized spacial score (nSPS) is 21.4. The summed E-state index contributed by atoms with van der Waals surface area (Å²) >= 11 is 1.84. The second-order valence-corrected chi connectivity index (χ2v) is 5.61. The summed E-state index contributed by atoms with van der Waals surface area (Å²) in [6, 6.07) is -1.37. The maximum Gasteiger partial charge on any atom is 0.326 e. The zero-order valence-electron chi connectivity index (χ0n) is 10.5. The molecule has 1 unspecified atom stereocenters. The minimum Gasteiger partial charge on any atom is -0.480 e. The number of carboxylic acid groups (broad SMARTS) is 1. The largest absolute Gasteiger partial charge is 0.480 e. The number of nitrogens with zero attached hydrogens (tertiary/aromatic N) is 1. The number of aliphatic carboxylic acids is 1. The number of carbonyl (C=O) groups excluding carboxylic acids is 1.